The highest BCUT2D eigenvalue weighted by Gasteiger charge is 2.37. The molecule has 6 rings (SSSR count). The van der Waals surface area contributed by atoms with E-state index in [9.17, 15) is 9.90 Å². The number of halogens is 1. The monoisotopic (exact) mass is 536 g/mol. The van der Waals surface area contributed by atoms with E-state index >= 15 is 0 Å². The molecule has 0 saturated carbocycles. The summed E-state index contributed by atoms with van der Waals surface area (Å²) < 4.78 is 0. The number of fused-ring (bicyclic) bond motifs is 5. The zero-order valence-corrected chi connectivity index (χ0v) is 22.9. The second-order valence-corrected chi connectivity index (χ2v) is 11.3. The molecular formula is C34H33ClN2O2. The number of phenolic OH excluding ortho intramolecular Hbond substituents is 1. The number of carbonyl (C=O) groups is 1. The number of rotatable bonds is 5. The van der Waals surface area contributed by atoms with Gasteiger partial charge < -0.3 is 14.9 Å². The molecule has 39 heavy (non-hydrogen) atoms. The first-order valence-corrected chi connectivity index (χ1v) is 14.1. The van der Waals surface area contributed by atoms with Gasteiger partial charge in [0.15, 0.2) is 0 Å². The Labute approximate surface area is 235 Å². The number of nitrogens with zero attached hydrogens (tertiary/aromatic N) is 2. The topological polar surface area (TPSA) is 43.8 Å². The Kier molecular flexibility index (Phi) is 7.16. The molecule has 4 aromatic carbocycles. The van der Waals surface area contributed by atoms with Crippen LogP contribution in [0, 0.1) is 0 Å². The Morgan fingerprint density at radius 1 is 0.872 bits per heavy atom. The van der Waals surface area contributed by atoms with Crippen molar-refractivity contribution in [3.8, 4) is 5.75 Å². The van der Waals surface area contributed by atoms with Gasteiger partial charge in [0, 0.05) is 37.2 Å². The molecular weight excluding hydrogens is 504 g/mol. The van der Waals surface area contributed by atoms with Crippen LogP contribution < -0.4 is 0 Å². The number of aromatic hydroxyl groups is 1. The minimum Gasteiger partial charge on any atom is -0.506 e. The maximum absolute atomic E-state index is 13.7. The molecule has 4 aromatic rings. The molecule has 0 bridgehead atoms. The molecule has 0 aromatic heterocycles. The number of hydrogen-bond donors (Lipinski definition) is 1. The van der Waals surface area contributed by atoms with Gasteiger partial charge in [0.25, 0.3) is 5.91 Å². The molecule has 1 aliphatic heterocycles. The van der Waals surface area contributed by atoms with E-state index in [-0.39, 0.29) is 17.6 Å². The average Bonchev–Trinajstić information content (AvgIpc) is 3.10. The fourth-order valence-corrected chi connectivity index (χ4v) is 6.55. The van der Waals surface area contributed by atoms with Crippen LogP contribution in [0.5, 0.6) is 5.75 Å². The predicted molar refractivity (Wildman–Crippen MR) is 156 cm³/mol. The molecule has 0 spiro atoms. The molecule has 0 fully saturated rings. The van der Waals surface area contributed by atoms with Crippen LogP contribution in [0.4, 0.5) is 0 Å². The summed E-state index contributed by atoms with van der Waals surface area (Å²) in [7, 11) is 2.21. The molecule has 198 valence electrons. The normalized spacial score (nSPS) is 18.4. The highest BCUT2D eigenvalue weighted by Crippen LogP contribution is 2.44. The first kappa shape index (κ1) is 25.7. The van der Waals surface area contributed by atoms with Gasteiger partial charge in [-0.15, -0.1) is 0 Å². The van der Waals surface area contributed by atoms with Crippen LogP contribution >= 0.6 is 11.6 Å². The lowest BCUT2D eigenvalue weighted by molar-refractivity contribution is 0.0730. The van der Waals surface area contributed by atoms with Gasteiger partial charge in [-0.1, -0.05) is 78.3 Å². The molecule has 2 aliphatic rings. The highest BCUT2D eigenvalue weighted by molar-refractivity contribution is 6.32. The summed E-state index contributed by atoms with van der Waals surface area (Å²) in [5, 5.41) is 11.0. The van der Waals surface area contributed by atoms with Gasteiger partial charge in [-0.05, 0) is 84.0 Å². The lowest BCUT2D eigenvalue weighted by atomic mass is 9.74. The van der Waals surface area contributed by atoms with Gasteiger partial charge in [-0.3, -0.25) is 4.79 Å². The number of amides is 1. The molecule has 1 N–H and O–H groups in total. The second kappa shape index (κ2) is 10.9. The van der Waals surface area contributed by atoms with Gasteiger partial charge in [-0.25, -0.2) is 0 Å². The van der Waals surface area contributed by atoms with Crippen molar-refractivity contribution in [3.63, 3.8) is 0 Å². The van der Waals surface area contributed by atoms with Gasteiger partial charge in [0.2, 0.25) is 0 Å². The lowest BCUT2D eigenvalue weighted by Gasteiger charge is -2.38. The number of aryl methyl sites for hydroxylation is 1. The smallest absolute Gasteiger partial charge is 0.254 e. The average molecular weight is 537 g/mol. The first-order valence-electron chi connectivity index (χ1n) is 13.7. The van der Waals surface area contributed by atoms with E-state index in [1.54, 1.807) is 0 Å². The van der Waals surface area contributed by atoms with Crippen molar-refractivity contribution >= 4 is 17.5 Å². The summed E-state index contributed by atoms with van der Waals surface area (Å²) in [4.78, 5) is 18.1. The largest absolute Gasteiger partial charge is 0.506 e. The quantitative estimate of drug-likeness (QED) is 0.304. The third-order valence-electron chi connectivity index (χ3n) is 8.38. The van der Waals surface area contributed by atoms with E-state index in [1.165, 1.54) is 22.3 Å². The van der Waals surface area contributed by atoms with E-state index in [0.29, 0.717) is 29.7 Å². The first-order chi connectivity index (χ1) is 19.0. The van der Waals surface area contributed by atoms with Crippen molar-refractivity contribution < 1.29 is 9.90 Å². The van der Waals surface area contributed by atoms with Gasteiger partial charge in [0.1, 0.15) is 5.75 Å². The summed E-state index contributed by atoms with van der Waals surface area (Å²) in [5.74, 6) is 0.311. The van der Waals surface area contributed by atoms with Crippen molar-refractivity contribution in [2.75, 3.05) is 13.6 Å². The maximum atomic E-state index is 13.7. The Hall–Kier alpha value is -3.60. The van der Waals surface area contributed by atoms with Crippen LogP contribution in [0.15, 0.2) is 91.0 Å². The molecule has 1 aliphatic carbocycles. The highest BCUT2D eigenvalue weighted by atomic mass is 35.5. The predicted octanol–water partition coefficient (Wildman–Crippen LogP) is 6.82. The standard InChI is InChI=1S/C34H33ClN2O2/c1-36-17-16-27-19-30(35)32(38)20-29(27)33-28-18-24(12-13-25(28)14-15-31(33)36)22-37(21-23-8-4-2-5-9-23)34(39)26-10-6-3-7-11-26/h2-13,18-20,31,33,38H,14-17,21-22H2,1H3/t31-,33+/m0/s1. The zero-order valence-electron chi connectivity index (χ0n) is 22.2. The number of phenols is 1. The van der Waals surface area contributed by atoms with Crippen molar-refractivity contribution in [1.82, 2.24) is 9.80 Å². The van der Waals surface area contributed by atoms with Crippen molar-refractivity contribution in [1.29, 1.82) is 0 Å². The summed E-state index contributed by atoms with van der Waals surface area (Å²) in [5.41, 5.74) is 7.93. The Bertz CT molecular complexity index is 1490. The minimum absolute atomic E-state index is 0.0224. The van der Waals surface area contributed by atoms with Crippen LogP contribution in [0.3, 0.4) is 0 Å². The molecule has 0 unspecified atom stereocenters. The third kappa shape index (κ3) is 5.19. The van der Waals surface area contributed by atoms with E-state index in [2.05, 4.69) is 42.3 Å². The Morgan fingerprint density at radius 2 is 1.56 bits per heavy atom. The lowest BCUT2D eigenvalue weighted by Crippen LogP contribution is -2.39. The van der Waals surface area contributed by atoms with Crippen LogP contribution in [0.1, 0.15) is 56.1 Å². The fourth-order valence-electron chi connectivity index (χ4n) is 6.36. The van der Waals surface area contributed by atoms with Gasteiger partial charge in [0.05, 0.1) is 5.02 Å². The van der Waals surface area contributed by atoms with E-state index in [4.69, 9.17) is 11.6 Å². The van der Waals surface area contributed by atoms with E-state index < -0.39 is 0 Å². The minimum atomic E-state index is 0.0224. The number of carbonyl (C=O) groups excluding carboxylic acids is 1. The number of hydrogen-bond acceptors (Lipinski definition) is 3. The molecule has 0 saturated heterocycles. The van der Waals surface area contributed by atoms with Crippen molar-refractivity contribution in [2.24, 2.45) is 0 Å². The molecule has 2 atom stereocenters. The molecule has 1 amide bonds. The Morgan fingerprint density at radius 3 is 2.33 bits per heavy atom. The SMILES string of the molecule is CN1CCc2cc(Cl)c(O)cc2[C@H]2c3cc(CN(Cc4ccccc4)C(=O)c4ccccc4)ccc3CC[C@@H]21. The Balaban J connectivity index is 1.39. The fraction of sp³-hybridized carbons (Fsp3) is 0.265. The molecule has 0 radical (unpaired) electrons. The zero-order chi connectivity index (χ0) is 26.9. The van der Waals surface area contributed by atoms with Crippen LogP contribution in [0.25, 0.3) is 0 Å². The van der Waals surface area contributed by atoms with Crippen LogP contribution in [-0.2, 0) is 25.9 Å². The van der Waals surface area contributed by atoms with Crippen LogP contribution in [-0.4, -0.2) is 40.4 Å². The van der Waals surface area contributed by atoms with Gasteiger partial charge in [-0.2, -0.15) is 0 Å². The summed E-state index contributed by atoms with van der Waals surface area (Å²) in [6.45, 7) is 2.01. The third-order valence-corrected chi connectivity index (χ3v) is 8.68. The summed E-state index contributed by atoms with van der Waals surface area (Å²) in [6.07, 6.45) is 3.00. The van der Waals surface area contributed by atoms with Crippen molar-refractivity contribution in [3.05, 3.63) is 135 Å². The van der Waals surface area contributed by atoms with Crippen LogP contribution in [0.2, 0.25) is 5.02 Å². The summed E-state index contributed by atoms with van der Waals surface area (Å²) >= 11 is 6.34. The summed E-state index contributed by atoms with van der Waals surface area (Å²) in [6, 6.07) is 30.6. The number of likely N-dealkylation sites (N-methyl/N-ethyl adjacent to an activating group) is 1. The van der Waals surface area contributed by atoms with E-state index in [1.807, 2.05) is 65.6 Å². The molecule has 5 heteroatoms. The molecule has 4 nitrogen and oxygen atoms in total. The number of benzene rings is 4. The van der Waals surface area contributed by atoms with E-state index in [0.717, 1.165) is 36.9 Å². The van der Waals surface area contributed by atoms with Crippen molar-refractivity contribution in [2.45, 2.75) is 44.3 Å². The van der Waals surface area contributed by atoms with Gasteiger partial charge >= 0.3 is 0 Å². The maximum Gasteiger partial charge on any atom is 0.254 e. The molecule has 1 heterocycles. The second-order valence-electron chi connectivity index (χ2n) is 10.9.